The zero-order valence-electron chi connectivity index (χ0n) is 14.2. The van der Waals surface area contributed by atoms with Crippen LogP contribution in [0, 0.1) is 6.92 Å². The minimum atomic E-state index is -0.480. The fraction of sp³-hybridized carbons (Fsp3) is 0.167. The minimum Gasteiger partial charge on any atom is -0.506 e. The number of nitrogens with one attached hydrogen (secondary N) is 1. The van der Waals surface area contributed by atoms with Gasteiger partial charge in [-0.05, 0) is 31.2 Å². The van der Waals surface area contributed by atoms with E-state index < -0.39 is 5.91 Å². The van der Waals surface area contributed by atoms with Crippen molar-refractivity contribution in [3.05, 3.63) is 64.4 Å². The number of hydrogen-bond donors (Lipinski definition) is 2. The molecule has 0 atom stereocenters. The maximum atomic E-state index is 12.5. The average Bonchev–Trinajstić information content (AvgIpc) is 2.99. The molecular weight excluding hydrogens is 356 g/mol. The lowest BCUT2D eigenvalue weighted by atomic mass is 10.2. The minimum absolute atomic E-state index is 0.0817. The summed E-state index contributed by atoms with van der Waals surface area (Å²) in [5.41, 5.74) is 1.89. The van der Waals surface area contributed by atoms with Gasteiger partial charge in [0.05, 0.1) is 25.0 Å². The molecule has 2 N–H and O–H groups in total. The molecule has 1 amide bonds. The van der Waals surface area contributed by atoms with Crippen LogP contribution in [0.4, 0.5) is 5.69 Å². The summed E-state index contributed by atoms with van der Waals surface area (Å²) in [5, 5.41) is 20.8. The molecule has 134 valence electrons. The molecule has 0 bridgehead atoms. The Kier molecular flexibility index (Phi) is 5.09. The van der Waals surface area contributed by atoms with Gasteiger partial charge < -0.3 is 15.2 Å². The number of hydrogen-bond acceptors (Lipinski definition) is 5. The second-order valence-corrected chi connectivity index (χ2v) is 6.04. The van der Waals surface area contributed by atoms with E-state index in [4.69, 9.17) is 16.3 Å². The van der Waals surface area contributed by atoms with Gasteiger partial charge >= 0.3 is 0 Å². The number of aromatic nitrogens is 3. The first-order valence-electron chi connectivity index (χ1n) is 7.81. The molecule has 26 heavy (non-hydrogen) atoms. The number of halogens is 1. The Morgan fingerprint density at radius 2 is 2.08 bits per heavy atom. The molecule has 1 aromatic heterocycles. The highest BCUT2D eigenvalue weighted by Gasteiger charge is 2.18. The summed E-state index contributed by atoms with van der Waals surface area (Å²) in [4.78, 5) is 12.5. The zero-order chi connectivity index (χ0) is 18.7. The number of phenolic OH excluding ortho intramolecular Hbond substituents is 1. The number of ether oxygens (including phenoxy) is 1. The summed E-state index contributed by atoms with van der Waals surface area (Å²) in [6, 6.07) is 12.0. The third-order valence-corrected chi connectivity index (χ3v) is 4.15. The normalized spacial score (nSPS) is 10.6. The molecule has 1 heterocycles. The lowest BCUT2D eigenvalue weighted by Gasteiger charge is -2.09. The van der Waals surface area contributed by atoms with Crippen LogP contribution < -0.4 is 10.1 Å². The Hall–Kier alpha value is -3.06. The molecule has 0 aliphatic heterocycles. The van der Waals surface area contributed by atoms with E-state index in [0.717, 1.165) is 11.3 Å². The molecule has 0 saturated heterocycles. The predicted octanol–water partition coefficient (Wildman–Crippen LogP) is 3.25. The molecule has 0 spiro atoms. The largest absolute Gasteiger partial charge is 0.506 e. The molecule has 0 aliphatic rings. The number of methoxy groups -OCH3 is 1. The second-order valence-electron chi connectivity index (χ2n) is 5.61. The molecule has 0 fully saturated rings. The van der Waals surface area contributed by atoms with Crippen molar-refractivity contribution in [3.63, 3.8) is 0 Å². The van der Waals surface area contributed by atoms with E-state index in [0.29, 0.717) is 17.3 Å². The van der Waals surface area contributed by atoms with Crippen molar-refractivity contribution in [1.29, 1.82) is 0 Å². The summed E-state index contributed by atoms with van der Waals surface area (Å²) in [6.07, 6.45) is 0. The lowest BCUT2D eigenvalue weighted by molar-refractivity contribution is 0.102. The maximum Gasteiger partial charge on any atom is 0.278 e. The van der Waals surface area contributed by atoms with E-state index in [1.807, 2.05) is 24.3 Å². The monoisotopic (exact) mass is 372 g/mol. The van der Waals surface area contributed by atoms with E-state index >= 15 is 0 Å². The highest BCUT2D eigenvalue weighted by atomic mass is 35.5. The van der Waals surface area contributed by atoms with E-state index in [9.17, 15) is 9.90 Å². The van der Waals surface area contributed by atoms with Gasteiger partial charge in [0.2, 0.25) is 0 Å². The summed E-state index contributed by atoms with van der Waals surface area (Å²) >= 11 is 5.89. The van der Waals surface area contributed by atoms with Crippen molar-refractivity contribution < 1.29 is 14.6 Å². The zero-order valence-corrected chi connectivity index (χ0v) is 15.0. The fourth-order valence-corrected chi connectivity index (χ4v) is 2.68. The number of phenols is 1. The smallest absolute Gasteiger partial charge is 0.278 e. The molecule has 0 radical (unpaired) electrons. The van der Waals surface area contributed by atoms with E-state index in [1.54, 1.807) is 18.7 Å². The number of amides is 1. The molecule has 3 rings (SSSR count). The number of rotatable bonds is 5. The number of aromatic hydroxyl groups is 1. The van der Waals surface area contributed by atoms with Crippen LogP contribution in [0.5, 0.6) is 11.5 Å². The van der Waals surface area contributed by atoms with Gasteiger partial charge in [0.1, 0.15) is 11.5 Å². The molecule has 2 aromatic carbocycles. The van der Waals surface area contributed by atoms with Gasteiger partial charge in [-0.2, -0.15) is 0 Å². The van der Waals surface area contributed by atoms with E-state index in [1.165, 1.54) is 18.2 Å². The predicted molar refractivity (Wildman–Crippen MR) is 97.9 cm³/mol. The van der Waals surface area contributed by atoms with Crippen molar-refractivity contribution >= 4 is 23.2 Å². The summed E-state index contributed by atoms with van der Waals surface area (Å²) in [6.45, 7) is 2.17. The van der Waals surface area contributed by atoms with E-state index in [2.05, 4.69) is 15.6 Å². The van der Waals surface area contributed by atoms with Crippen LogP contribution in [-0.4, -0.2) is 33.1 Å². The van der Waals surface area contributed by atoms with Gasteiger partial charge in [-0.3, -0.25) is 4.79 Å². The topological polar surface area (TPSA) is 89.3 Å². The number of para-hydroxylation sites is 1. The van der Waals surface area contributed by atoms with Gasteiger partial charge in [0.25, 0.3) is 5.91 Å². The van der Waals surface area contributed by atoms with Crippen molar-refractivity contribution in [2.75, 3.05) is 12.4 Å². The SMILES string of the molecule is COc1ccccc1Cn1nnc(C(=O)Nc2cc(Cl)ccc2O)c1C. The summed E-state index contributed by atoms with van der Waals surface area (Å²) in [7, 11) is 1.60. The van der Waals surface area contributed by atoms with Crippen molar-refractivity contribution in [1.82, 2.24) is 15.0 Å². The van der Waals surface area contributed by atoms with Gasteiger partial charge in [0.15, 0.2) is 5.69 Å². The lowest BCUT2D eigenvalue weighted by Crippen LogP contribution is -2.14. The van der Waals surface area contributed by atoms with Crippen molar-refractivity contribution in [3.8, 4) is 11.5 Å². The number of anilines is 1. The van der Waals surface area contributed by atoms with Crippen molar-refractivity contribution in [2.24, 2.45) is 0 Å². The van der Waals surface area contributed by atoms with Crippen LogP contribution in [0.2, 0.25) is 5.02 Å². The molecule has 8 heteroatoms. The van der Waals surface area contributed by atoms with Crippen LogP contribution in [-0.2, 0) is 6.54 Å². The Morgan fingerprint density at radius 1 is 1.31 bits per heavy atom. The average molecular weight is 373 g/mol. The summed E-state index contributed by atoms with van der Waals surface area (Å²) in [5.74, 6) is 0.172. The first-order valence-corrected chi connectivity index (χ1v) is 8.19. The number of nitrogens with zero attached hydrogens (tertiary/aromatic N) is 3. The molecular formula is C18H17ClN4O3. The van der Waals surface area contributed by atoms with Gasteiger partial charge in [0, 0.05) is 10.6 Å². The number of benzene rings is 2. The summed E-state index contributed by atoms with van der Waals surface area (Å²) < 4.78 is 6.95. The molecule has 0 aliphatic carbocycles. The standard InChI is InChI=1S/C18H17ClN4O3/c1-11-17(18(25)20-14-9-13(19)7-8-15(14)24)21-22-23(11)10-12-5-3-4-6-16(12)26-2/h3-9,24H,10H2,1-2H3,(H,20,25). The van der Waals surface area contributed by atoms with Crippen LogP contribution in [0.25, 0.3) is 0 Å². The first kappa shape index (κ1) is 17.8. The molecule has 7 nitrogen and oxygen atoms in total. The Labute approximate surface area is 155 Å². The van der Waals surface area contributed by atoms with Crippen LogP contribution in [0.3, 0.4) is 0 Å². The molecule has 3 aromatic rings. The van der Waals surface area contributed by atoms with E-state index in [-0.39, 0.29) is 17.1 Å². The third-order valence-electron chi connectivity index (χ3n) is 3.92. The Balaban J connectivity index is 1.82. The molecule has 0 unspecified atom stereocenters. The Bertz CT molecular complexity index is 955. The molecule has 0 saturated carbocycles. The van der Waals surface area contributed by atoms with Crippen LogP contribution >= 0.6 is 11.6 Å². The van der Waals surface area contributed by atoms with Gasteiger partial charge in [-0.1, -0.05) is 35.0 Å². The van der Waals surface area contributed by atoms with Crippen molar-refractivity contribution in [2.45, 2.75) is 13.5 Å². The highest BCUT2D eigenvalue weighted by Crippen LogP contribution is 2.27. The third kappa shape index (κ3) is 3.62. The maximum absolute atomic E-state index is 12.5. The number of carbonyl (C=O) groups is 1. The number of carbonyl (C=O) groups excluding carboxylic acids is 1. The highest BCUT2D eigenvalue weighted by molar-refractivity contribution is 6.31. The quantitative estimate of drug-likeness (QED) is 0.671. The Morgan fingerprint density at radius 3 is 2.85 bits per heavy atom. The van der Waals surface area contributed by atoms with Gasteiger partial charge in [-0.15, -0.1) is 5.10 Å². The van der Waals surface area contributed by atoms with Crippen LogP contribution in [0.1, 0.15) is 21.7 Å². The fourth-order valence-electron chi connectivity index (χ4n) is 2.51. The first-order chi connectivity index (χ1) is 12.5. The van der Waals surface area contributed by atoms with Crippen LogP contribution in [0.15, 0.2) is 42.5 Å². The van der Waals surface area contributed by atoms with Gasteiger partial charge in [-0.25, -0.2) is 4.68 Å². The second kappa shape index (κ2) is 7.45.